The van der Waals surface area contributed by atoms with Crippen LogP contribution in [-0.2, 0) is 4.79 Å². The lowest BCUT2D eigenvalue weighted by Crippen LogP contribution is -2.50. The predicted octanol–water partition coefficient (Wildman–Crippen LogP) is 2.86. The molecule has 0 bridgehead atoms. The zero-order valence-electron chi connectivity index (χ0n) is 13.2. The van der Waals surface area contributed by atoms with E-state index in [1.165, 1.54) is 25.7 Å². The van der Waals surface area contributed by atoms with Gasteiger partial charge in [-0.15, -0.1) is 0 Å². The summed E-state index contributed by atoms with van der Waals surface area (Å²) < 4.78 is 0. The van der Waals surface area contributed by atoms with Crippen molar-refractivity contribution < 1.29 is 4.79 Å². The van der Waals surface area contributed by atoms with Crippen molar-refractivity contribution in [3.05, 3.63) is 11.6 Å². The van der Waals surface area contributed by atoms with Gasteiger partial charge in [-0.25, -0.2) is 0 Å². The first-order valence-electron chi connectivity index (χ1n) is 8.14. The second kappa shape index (κ2) is 7.78. The minimum atomic E-state index is 0.0146. The van der Waals surface area contributed by atoms with Crippen LogP contribution in [0.1, 0.15) is 52.4 Å². The van der Waals surface area contributed by atoms with E-state index in [-0.39, 0.29) is 11.8 Å². The van der Waals surface area contributed by atoms with Gasteiger partial charge in [0.1, 0.15) is 0 Å². The molecule has 0 radical (unpaired) electrons. The number of amides is 1. The normalized spacial score (nSPS) is 18.9. The second-order valence-electron chi connectivity index (χ2n) is 6.18. The third-order valence-corrected chi connectivity index (χ3v) is 4.48. The van der Waals surface area contributed by atoms with Crippen molar-refractivity contribution in [3.8, 4) is 0 Å². The van der Waals surface area contributed by atoms with Gasteiger partial charge in [0.15, 0.2) is 5.11 Å². The number of hydrogen-bond donors (Lipinski definition) is 1. The minimum Gasteiger partial charge on any atom is -0.361 e. The number of hydrazine groups is 1. The maximum atomic E-state index is 12.2. The van der Waals surface area contributed by atoms with Crippen LogP contribution in [0.2, 0.25) is 0 Å². The number of rotatable bonds is 4. The molecule has 21 heavy (non-hydrogen) atoms. The van der Waals surface area contributed by atoms with E-state index in [0.29, 0.717) is 5.11 Å². The fraction of sp³-hybridized carbons (Fsp3) is 0.750. The van der Waals surface area contributed by atoms with Crippen LogP contribution in [0.5, 0.6) is 0 Å². The van der Waals surface area contributed by atoms with E-state index in [1.807, 2.05) is 18.9 Å². The predicted molar refractivity (Wildman–Crippen MR) is 89.6 cm³/mol. The van der Waals surface area contributed by atoms with Gasteiger partial charge in [-0.2, -0.15) is 0 Å². The number of thiocarbonyl (C=S) groups is 1. The highest BCUT2D eigenvalue weighted by Crippen LogP contribution is 2.19. The average Bonchev–Trinajstić information content (AvgIpc) is 2.96. The molecule has 1 aliphatic heterocycles. The second-order valence-corrected chi connectivity index (χ2v) is 6.57. The Bertz CT molecular complexity index is 420. The van der Waals surface area contributed by atoms with E-state index in [2.05, 4.69) is 11.4 Å². The molecule has 0 aromatic rings. The van der Waals surface area contributed by atoms with Gasteiger partial charge < -0.3 is 5.32 Å². The highest BCUT2D eigenvalue weighted by Gasteiger charge is 2.29. The summed E-state index contributed by atoms with van der Waals surface area (Å²) >= 11 is 5.46. The lowest BCUT2D eigenvalue weighted by molar-refractivity contribution is -0.142. The lowest BCUT2D eigenvalue weighted by Gasteiger charge is -2.31. The molecule has 1 saturated heterocycles. The van der Waals surface area contributed by atoms with Gasteiger partial charge in [-0.05, 0) is 50.7 Å². The molecule has 0 saturated carbocycles. The maximum absolute atomic E-state index is 12.2. The molecule has 1 amide bonds. The summed E-state index contributed by atoms with van der Waals surface area (Å²) in [5.41, 5.74) is 1.55. The van der Waals surface area contributed by atoms with Crippen molar-refractivity contribution in [2.24, 2.45) is 5.92 Å². The molecule has 5 heteroatoms. The van der Waals surface area contributed by atoms with Gasteiger partial charge in [-0.1, -0.05) is 25.5 Å². The Kier molecular flexibility index (Phi) is 6.03. The fourth-order valence-corrected chi connectivity index (χ4v) is 3.19. The third-order valence-electron chi connectivity index (χ3n) is 4.12. The molecule has 2 aliphatic rings. The molecule has 0 atom stereocenters. The number of allylic oxidation sites excluding steroid dienone is 1. The quantitative estimate of drug-likeness (QED) is 0.640. The van der Waals surface area contributed by atoms with Crippen LogP contribution in [0, 0.1) is 5.92 Å². The lowest BCUT2D eigenvalue weighted by atomic mass is 9.97. The number of carbonyl (C=O) groups excluding carboxylic acids is 1. The van der Waals surface area contributed by atoms with Crippen LogP contribution in [0.25, 0.3) is 0 Å². The van der Waals surface area contributed by atoms with E-state index in [9.17, 15) is 4.79 Å². The van der Waals surface area contributed by atoms with Crippen molar-refractivity contribution in [3.63, 3.8) is 0 Å². The standard InChI is InChI=1S/C16H27N3OS/c1-13(2)15(20)18-11-6-12-19(18)16(21)17-10-9-14-7-4-3-5-8-14/h7,13H,3-6,8-12H2,1-2H3,(H,17,21). The molecule has 0 aromatic carbocycles. The Hall–Kier alpha value is -1.10. The van der Waals surface area contributed by atoms with E-state index in [0.717, 1.165) is 32.5 Å². The maximum Gasteiger partial charge on any atom is 0.243 e. The van der Waals surface area contributed by atoms with Gasteiger partial charge in [-0.3, -0.25) is 14.8 Å². The molecular formula is C16H27N3OS. The average molecular weight is 309 g/mol. The van der Waals surface area contributed by atoms with Crippen molar-refractivity contribution in [2.45, 2.75) is 52.4 Å². The number of hydrogen-bond acceptors (Lipinski definition) is 2. The summed E-state index contributed by atoms with van der Waals surface area (Å²) in [6, 6.07) is 0. The van der Waals surface area contributed by atoms with Crippen LogP contribution >= 0.6 is 12.2 Å². The molecule has 1 fully saturated rings. The number of nitrogens with one attached hydrogen (secondary N) is 1. The first kappa shape index (κ1) is 16.3. The van der Waals surface area contributed by atoms with Gasteiger partial charge in [0.2, 0.25) is 5.91 Å². The van der Waals surface area contributed by atoms with Crippen molar-refractivity contribution in [1.29, 1.82) is 0 Å². The van der Waals surface area contributed by atoms with Crippen molar-refractivity contribution in [1.82, 2.24) is 15.3 Å². The van der Waals surface area contributed by atoms with E-state index in [1.54, 1.807) is 10.6 Å². The molecule has 1 heterocycles. The minimum absolute atomic E-state index is 0.0146. The summed E-state index contributed by atoms with van der Waals surface area (Å²) in [6.45, 7) is 6.36. The molecule has 0 spiro atoms. The zero-order chi connectivity index (χ0) is 15.2. The molecule has 0 aromatic heterocycles. The summed E-state index contributed by atoms with van der Waals surface area (Å²) in [4.78, 5) is 12.2. The highest BCUT2D eigenvalue weighted by molar-refractivity contribution is 7.80. The van der Waals surface area contributed by atoms with Crippen LogP contribution in [0.15, 0.2) is 11.6 Å². The summed E-state index contributed by atoms with van der Waals surface area (Å²) in [5.74, 6) is 0.174. The Balaban J connectivity index is 1.79. The number of carbonyl (C=O) groups is 1. The summed E-state index contributed by atoms with van der Waals surface area (Å²) in [5, 5.41) is 7.75. The zero-order valence-corrected chi connectivity index (χ0v) is 14.0. The Labute approximate surface area is 133 Å². The molecule has 2 rings (SSSR count). The summed E-state index contributed by atoms with van der Waals surface area (Å²) in [7, 11) is 0. The Morgan fingerprint density at radius 1 is 1.29 bits per heavy atom. The van der Waals surface area contributed by atoms with Gasteiger partial charge in [0, 0.05) is 25.6 Å². The molecule has 1 N–H and O–H groups in total. The van der Waals surface area contributed by atoms with Crippen LogP contribution in [-0.4, -0.2) is 40.7 Å². The molecule has 1 aliphatic carbocycles. The van der Waals surface area contributed by atoms with Gasteiger partial charge in [0.05, 0.1) is 0 Å². The smallest absolute Gasteiger partial charge is 0.243 e. The van der Waals surface area contributed by atoms with Gasteiger partial charge in [0.25, 0.3) is 0 Å². The van der Waals surface area contributed by atoms with E-state index < -0.39 is 0 Å². The molecule has 118 valence electrons. The van der Waals surface area contributed by atoms with Crippen LogP contribution < -0.4 is 5.32 Å². The Morgan fingerprint density at radius 2 is 2.05 bits per heavy atom. The van der Waals surface area contributed by atoms with Crippen LogP contribution in [0.3, 0.4) is 0 Å². The molecular weight excluding hydrogens is 282 g/mol. The third kappa shape index (κ3) is 4.43. The van der Waals surface area contributed by atoms with Crippen molar-refractivity contribution >= 4 is 23.2 Å². The highest BCUT2D eigenvalue weighted by atomic mass is 32.1. The first-order chi connectivity index (χ1) is 10.1. The van der Waals surface area contributed by atoms with E-state index >= 15 is 0 Å². The monoisotopic (exact) mass is 309 g/mol. The SMILES string of the molecule is CC(C)C(=O)N1CCCN1C(=S)NCCC1=CCCCC1. The summed E-state index contributed by atoms with van der Waals surface area (Å²) in [6.07, 6.45) is 9.53. The number of nitrogens with zero attached hydrogens (tertiary/aromatic N) is 2. The topological polar surface area (TPSA) is 35.6 Å². The molecule has 4 nitrogen and oxygen atoms in total. The van der Waals surface area contributed by atoms with E-state index in [4.69, 9.17) is 12.2 Å². The Morgan fingerprint density at radius 3 is 2.71 bits per heavy atom. The first-order valence-corrected chi connectivity index (χ1v) is 8.55. The van der Waals surface area contributed by atoms with Gasteiger partial charge >= 0.3 is 0 Å². The fourth-order valence-electron chi connectivity index (χ4n) is 2.90. The largest absolute Gasteiger partial charge is 0.361 e. The van der Waals surface area contributed by atoms with Crippen molar-refractivity contribution in [2.75, 3.05) is 19.6 Å². The van der Waals surface area contributed by atoms with Crippen LogP contribution in [0.4, 0.5) is 0 Å². The molecule has 0 unspecified atom stereocenters.